The highest BCUT2D eigenvalue weighted by Crippen LogP contribution is 2.32. The number of halogens is 1. The zero-order chi connectivity index (χ0) is 12.7. The summed E-state index contributed by atoms with van der Waals surface area (Å²) in [6.45, 7) is 5.78. The number of ether oxygens (including phenoxy) is 1. The molecule has 0 saturated carbocycles. The summed E-state index contributed by atoms with van der Waals surface area (Å²) >= 11 is 6.05. The SMILES string of the molecule is CCCOc1ccc(Cl)cc1C(C)CCCN. The standard InChI is InChI=1S/C14H22ClNO/c1-3-9-17-14-7-6-12(15)10-13(14)11(2)5-4-8-16/h6-7,10-11H,3-5,8-9,16H2,1-2H3. The van der Waals surface area contributed by atoms with Crippen molar-refractivity contribution in [3.63, 3.8) is 0 Å². The quantitative estimate of drug-likeness (QED) is 0.800. The van der Waals surface area contributed by atoms with Gasteiger partial charge in [0.15, 0.2) is 0 Å². The lowest BCUT2D eigenvalue weighted by atomic mass is 9.95. The lowest BCUT2D eigenvalue weighted by Gasteiger charge is -2.17. The fourth-order valence-electron chi connectivity index (χ4n) is 1.83. The highest BCUT2D eigenvalue weighted by molar-refractivity contribution is 6.30. The van der Waals surface area contributed by atoms with Crippen molar-refractivity contribution in [2.24, 2.45) is 5.73 Å². The number of hydrogen-bond donors (Lipinski definition) is 1. The van der Waals surface area contributed by atoms with Gasteiger partial charge in [-0.3, -0.25) is 0 Å². The van der Waals surface area contributed by atoms with Crippen LogP contribution in [-0.4, -0.2) is 13.2 Å². The Morgan fingerprint density at radius 1 is 1.41 bits per heavy atom. The van der Waals surface area contributed by atoms with Crippen LogP contribution in [0.5, 0.6) is 5.75 Å². The average molecular weight is 256 g/mol. The molecule has 0 spiro atoms. The molecule has 1 aromatic carbocycles. The second-order valence-corrected chi connectivity index (χ2v) is 4.80. The van der Waals surface area contributed by atoms with Crippen molar-refractivity contribution < 1.29 is 4.74 Å². The number of hydrogen-bond acceptors (Lipinski definition) is 2. The van der Waals surface area contributed by atoms with E-state index in [2.05, 4.69) is 13.8 Å². The van der Waals surface area contributed by atoms with Crippen LogP contribution in [0.1, 0.15) is 44.6 Å². The van der Waals surface area contributed by atoms with Gasteiger partial charge in [-0.2, -0.15) is 0 Å². The predicted octanol–water partition coefficient (Wildman–Crippen LogP) is 3.97. The Kier molecular flexibility index (Phi) is 6.38. The Balaban J connectivity index is 2.81. The molecule has 0 saturated heterocycles. The van der Waals surface area contributed by atoms with Gasteiger partial charge in [-0.05, 0) is 55.5 Å². The first-order valence-corrected chi connectivity index (χ1v) is 6.69. The molecule has 1 rings (SSSR count). The van der Waals surface area contributed by atoms with E-state index in [1.807, 2.05) is 18.2 Å². The van der Waals surface area contributed by atoms with Crippen molar-refractivity contribution in [2.45, 2.75) is 39.0 Å². The fourth-order valence-corrected chi connectivity index (χ4v) is 2.01. The first kappa shape index (κ1) is 14.3. The Hall–Kier alpha value is -0.730. The summed E-state index contributed by atoms with van der Waals surface area (Å²) in [4.78, 5) is 0. The maximum atomic E-state index is 6.05. The van der Waals surface area contributed by atoms with Crippen molar-refractivity contribution in [3.05, 3.63) is 28.8 Å². The molecule has 1 atom stereocenters. The molecule has 0 aliphatic heterocycles. The van der Waals surface area contributed by atoms with Gasteiger partial charge >= 0.3 is 0 Å². The third-order valence-corrected chi connectivity index (χ3v) is 3.04. The van der Waals surface area contributed by atoms with Crippen LogP contribution in [0.3, 0.4) is 0 Å². The molecule has 1 aromatic rings. The lowest BCUT2D eigenvalue weighted by molar-refractivity contribution is 0.312. The van der Waals surface area contributed by atoms with Crippen molar-refractivity contribution >= 4 is 11.6 Å². The number of benzene rings is 1. The molecule has 0 radical (unpaired) electrons. The van der Waals surface area contributed by atoms with Crippen LogP contribution in [0, 0.1) is 0 Å². The van der Waals surface area contributed by atoms with E-state index in [-0.39, 0.29) is 0 Å². The fraction of sp³-hybridized carbons (Fsp3) is 0.571. The minimum Gasteiger partial charge on any atom is -0.493 e. The van der Waals surface area contributed by atoms with Crippen LogP contribution in [0.25, 0.3) is 0 Å². The summed E-state index contributed by atoms with van der Waals surface area (Å²) < 4.78 is 5.75. The van der Waals surface area contributed by atoms with Crippen molar-refractivity contribution in [3.8, 4) is 5.75 Å². The summed E-state index contributed by atoms with van der Waals surface area (Å²) in [5.74, 6) is 1.39. The zero-order valence-electron chi connectivity index (χ0n) is 10.7. The third kappa shape index (κ3) is 4.57. The first-order valence-electron chi connectivity index (χ1n) is 6.31. The van der Waals surface area contributed by atoms with Crippen LogP contribution in [-0.2, 0) is 0 Å². The average Bonchev–Trinajstić information content (AvgIpc) is 2.34. The Morgan fingerprint density at radius 3 is 2.82 bits per heavy atom. The Labute approximate surface area is 109 Å². The van der Waals surface area contributed by atoms with E-state index < -0.39 is 0 Å². The minimum absolute atomic E-state index is 0.434. The summed E-state index contributed by atoms with van der Waals surface area (Å²) in [7, 11) is 0. The number of nitrogens with two attached hydrogens (primary N) is 1. The molecule has 0 bridgehead atoms. The molecule has 0 aromatic heterocycles. The van der Waals surface area contributed by atoms with Crippen LogP contribution >= 0.6 is 11.6 Å². The normalized spacial score (nSPS) is 12.5. The molecule has 3 heteroatoms. The summed E-state index contributed by atoms with van der Waals surface area (Å²) in [6, 6.07) is 5.85. The van der Waals surface area contributed by atoms with E-state index in [1.165, 1.54) is 5.56 Å². The largest absolute Gasteiger partial charge is 0.493 e. The molecule has 2 nitrogen and oxygen atoms in total. The zero-order valence-corrected chi connectivity index (χ0v) is 11.5. The first-order chi connectivity index (χ1) is 8.19. The molecule has 0 aliphatic rings. The molecule has 0 heterocycles. The molecule has 2 N–H and O–H groups in total. The number of rotatable bonds is 7. The monoisotopic (exact) mass is 255 g/mol. The Bertz CT molecular complexity index is 341. The minimum atomic E-state index is 0.434. The van der Waals surface area contributed by atoms with Gasteiger partial charge in [0.25, 0.3) is 0 Å². The van der Waals surface area contributed by atoms with Crippen molar-refractivity contribution in [2.75, 3.05) is 13.2 Å². The van der Waals surface area contributed by atoms with E-state index in [1.54, 1.807) is 0 Å². The van der Waals surface area contributed by atoms with Crippen molar-refractivity contribution in [1.29, 1.82) is 0 Å². The van der Waals surface area contributed by atoms with E-state index in [0.717, 1.165) is 43.2 Å². The van der Waals surface area contributed by atoms with Gasteiger partial charge in [0.05, 0.1) is 6.61 Å². The van der Waals surface area contributed by atoms with E-state index >= 15 is 0 Å². The second kappa shape index (κ2) is 7.57. The van der Waals surface area contributed by atoms with Gasteiger partial charge in [-0.15, -0.1) is 0 Å². The maximum Gasteiger partial charge on any atom is 0.122 e. The van der Waals surface area contributed by atoms with Gasteiger partial charge in [0, 0.05) is 5.02 Å². The van der Waals surface area contributed by atoms with Gasteiger partial charge in [0.2, 0.25) is 0 Å². The summed E-state index contributed by atoms with van der Waals surface area (Å²) in [5.41, 5.74) is 6.74. The molecule has 0 fully saturated rings. The third-order valence-electron chi connectivity index (χ3n) is 2.81. The topological polar surface area (TPSA) is 35.2 Å². The summed E-state index contributed by atoms with van der Waals surface area (Å²) in [6.07, 6.45) is 3.11. The Morgan fingerprint density at radius 2 is 2.18 bits per heavy atom. The molecule has 0 amide bonds. The highest BCUT2D eigenvalue weighted by Gasteiger charge is 2.12. The van der Waals surface area contributed by atoms with Crippen LogP contribution in [0.4, 0.5) is 0 Å². The van der Waals surface area contributed by atoms with Gasteiger partial charge in [-0.1, -0.05) is 25.4 Å². The molecule has 96 valence electrons. The molecule has 0 aliphatic carbocycles. The van der Waals surface area contributed by atoms with E-state index in [9.17, 15) is 0 Å². The lowest BCUT2D eigenvalue weighted by Crippen LogP contribution is -2.05. The highest BCUT2D eigenvalue weighted by atomic mass is 35.5. The predicted molar refractivity (Wildman–Crippen MR) is 73.9 cm³/mol. The molecular formula is C14H22ClNO. The summed E-state index contributed by atoms with van der Waals surface area (Å²) in [5, 5.41) is 0.767. The second-order valence-electron chi connectivity index (χ2n) is 4.36. The van der Waals surface area contributed by atoms with Crippen LogP contribution in [0.15, 0.2) is 18.2 Å². The van der Waals surface area contributed by atoms with Crippen LogP contribution in [0.2, 0.25) is 5.02 Å². The van der Waals surface area contributed by atoms with Crippen molar-refractivity contribution in [1.82, 2.24) is 0 Å². The van der Waals surface area contributed by atoms with Gasteiger partial charge in [-0.25, -0.2) is 0 Å². The van der Waals surface area contributed by atoms with E-state index in [4.69, 9.17) is 22.1 Å². The van der Waals surface area contributed by atoms with Crippen LogP contribution < -0.4 is 10.5 Å². The van der Waals surface area contributed by atoms with E-state index in [0.29, 0.717) is 5.92 Å². The van der Waals surface area contributed by atoms with Gasteiger partial charge < -0.3 is 10.5 Å². The van der Waals surface area contributed by atoms with Gasteiger partial charge in [0.1, 0.15) is 5.75 Å². The smallest absolute Gasteiger partial charge is 0.122 e. The maximum absolute atomic E-state index is 6.05. The molecule has 17 heavy (non-hydrogen) atoms. The molecular weight excluding hydrogens is 234 g/mol. The molecule has 1 unspecified atom stereocenters.